The van der Waals surface area contributed by atoms with Crippen LogP contribution in [-0.4, -0.2) is 17.6 Å². The number of benzene rings is 2. The van der Waals surface area contributed by atoms with Crippen LogP contribution in [0.3, 0.4) is 0 Å². The largest absolute Gasteiger partial charge is 0.394 e. The van der Waals surface area contributed by atoms with Gasteiger partial charge in [-0.2, -0.15) is 0 Å². The summed E-state index contributed by atoms with van der Waals surface area (Å²) in [4.78, 5) is 12.4. The van der Waals surface area contributed by atoms with Crippen molar-refractivity contribution in [2.45, 2.75) is 12.5 Å². The molecule has 0 spiro atoms. The van der Waals surface area contributed by atoms with Gasteiger partial charge in [-0.3, -0.25) is 4.79 Å². The van der Waals surface area contributed by atoms with Crippen LogP contribution in [0.1, 0.15) is 22.8 Å². The van der Waals surface area contributed by atoms with Gasteiger partial charge < -0.3 is 10.4 Å². The zero-order valence-electron chi connectivity index (χ0n) is 11.4. The van der Waals surface area contributed by atoms with Crippen molar-refractivity contribution in [3.05, 3.63) is 69.0 Å². The van der Waals surface area contributed by atoms with Crippen molar-refractivity contribution in [3.8, 4) is 0 Å². The average molecular weight is 399 g/mol. The molecule has 0 fully saturated rings. The minimum Gasteiger partial charge on any atom is -0.394 e. The van der Waals surface area contributed by atoms with Gasteiger partial charge in [-0.25, -0.2) is 4.39 Å². The van der Waals surface area contributed by atoms with E-state index in [4.69, 9.17) is 0 Å². The van der Waals surface area contributed by atoms with Gasteiger partial charge in [0.15, 0.2) is 0 Å². The maximum absolute atomic E-state index is 13.1. The smallest absolute Gasteiger partial charge is 0.253 e. The van der Waals surface area contributed by atoms with Gasteiger partial charge in [0.05, 0.1) is 17.7 Å². The molecule has 110 valence electrons. The van der Waals surface area contributed by atoms with Crippen LogP contribution >= 0.6 is 22.6 Å². The second-order valence-corrected chi connectivity index (χ2v) is 6.10. The minimum absolute atomic E-state index is 0.236. The third kappa shape index (κ3) is 3.59. The number of nitrogens with one attached hydrogen (secondary N) is 1. The third-order valence-corrected chi connectivity index (χ3v) is 4.18. The zero-order chi connectivity index (χ0) is 15.5. The van der Waals surface area contributed by atoms with Gasteiger partial charge in [0.25, 0.3) is 5.91 Å². The highest BCUT2D eigenvalue weighted by atomic mass is 127. The monoisotopic (exact) mass is 399 g/mol. The fourth-order valence-corrected chi connectivity index (χ4v) is 2.72. The SMILES string of the molecule is CC(CO)(NC(=O)c1ccc(F)cc1I)c1ccccc1. The molecule has 2 rings (SSSR count). The van der Waals surface area contributed by atoms with E-state index < -0.39 is 5.54 Å². The van der Waals surface area contributed by atoms with Crippen LogP contribution in [0.2, 0.25) is 0 Å². The fraction of sp³-hybridized carbons (Fsp3) is 0.188. The Bertz CT molecular complexity index is 648. The molecule has 0 bridgehead atoms. The Labute approximate surface area is 136 Å². The number of hydrogen-bond acceptors (Lipinski definition) is 2. The first kappa shape index (κ1) is 15.9. The molecule has 0 aromatic heterocycles. The van der Waals surface area contributed by atoms with Crippen LogP contribution in [0.25, 0.3) is 0 Å². The third-order valence-electron chi connectivity index (χ3n) is 3.29. The Morgan fingerprint density at radius 2 is 1.95 bits per heavy atom. The predicted molar refractivity (Wildman–Crippen MR) is 87.5 cm³/mol. The molecule has 2 aromatic carbocycles. The lowest BCUT2D eigenvalue weighted by atomic mass is 9.92. The number of amides is 1. The van der Waals surface area contributed by atoms with E-state index >= 15 is 0 Å². The number of hydrogen-bond donors (Lipinski definition) is 2. The molecule has 0 saturated heterocycles. The van der Waals surface area contributed by atoms with Gasteiger partial charge in [-0.1, -0.05) is 30.3 Å². The molecule has 0 aliphatic rings. The van der Waals surface area contributed by atoms with E-state index in [9.17, 15) is 14.3 Å². The Balaban J connectivity index is 2.28. The molecule has 0 aliphatic heterocycles. The highest BCUT2D eigenvalue weighted by Gasteiger charge is 2.28. The number of carbonyl (C=O) groups is 1. The van der Waals surface area contributed by atoms with E-state index in [1.54, 1.807) is 6.92 Å². The van der Waals surface area contributed by atoms with Gasteiger partial charge in [-0.15, -0.1) is 0 Å². The number of halogens is 2. The van der Waals surface area contributed by atoms with Crippen LogP contribution < -0.4 is 5.32 Å². The Kier molecular flexibility index (Phi) is 4.95. The molecule has 5 heteroatoms. The van der Waals surface area contributed by atoms with E-state index in [1.807, 2.05) is 52.9 Å². The van der Waals surface area contributed by atoms with Crippen molar-refractivity contribution < 1.29 is 14.3 Å². The second kappa shape index (κ2) is 6.53. The van der Waals surface area contributed by atoms with Crippen molar-refractivity contribution in [2.75, 3.05) is 6.61 Å². The first-order valence-electron chi connectivity index (χ1n) is 6.40. The molecule has 0 radical (unpaired) electrons. The Morgan fingerprint density at radius 1 is 1.29 bits per heavy atom. The first-order valence-corrected chi connectivity index (χ1v) is 7.48. The van der Waals surface area contributed by atoms with Gasteiger partial charge in [0.1, 0.15) is 5.82 Å². The predicted octanol–water partition coefficient (Wildman–Crippen LogP) is 3.07. The highest BCUT2D eigenvalue weighted by Crippen LogP contribution is 2.22. The summed E-state index contributed by atoms with van der Waals surface area (Å²) in [6.07, 6.45) is 0. The summed E-state index contributed by atoms with van der Waals surface area (Å²) >= 11 is 1.92. The minimum atomic E-state index is -0.893. The quantitative estimate of drug-likeness (QED) is 0.777. The van der Waals surface area contributed by atoms with Crippen molar-refractivity contribution in [2.24, 2.45) is 0 Å². The number of aliphatic hydroxyl groups excluding tert-OH is 1. The van der Waals surface area contributed by atoms with E-state index in [-0.39, 0.29) is 18.3 Å². The topological polar surface area (TPSA) is 49.3 Å². The lowest BCUT2D eigenvalue weighted by molar-refractivity contribution is 0.0848. The van der Waals surface area contributed by atoms with Crippen molar-refractivity contribution in [1.29, 1.82) is 0 Å². The fourth-order valence-electron chi connectivity index (χ4n) is 2.00. The number of carbonyl (C=O) groups excluding carboxylic acids is 1. The molecule has 1 unspecified atom stereocenters. The first-order chi connectivity index (χ1) is 9.96. The molecular weight excluding hydrogens is 384 g/mol. The maximum atomic E-state index is 13.1. The summed E-state index contributed by atoms with van der Waals surface area (Å²) in [5, 5.41) is 12.5. The van der Waals surface area contributed by atoms with Gasteiger partial charge in [0.2, 0.25) is 0 Å². The molecule has 2 aromatic rings. The summed E-state index contributed by atoms with van der Waals surface area (Å²) in [7, 11) is 0. The number of rotatable bonds is 4. The van der Waals surface area contributed by atoms with Gasteiger partial charge in [-0.05, 0) is 53.3 Å². The number of aliphatic hydroxyl groups is 1. The summed E-state index contributed by atoms with van der Waals surface area (Å²) < 4.78 is 13.6. The molecular formula is C16H15FINO2. The average Bonchev–Trinajstić information content (AvgIpc) is 2.47. The normalized spacial score (nSPS) is 13.5. The molecule has 0 saturated carbocycles. The summed E-state index contributed by atoms with van der Waals surface area (Å²) in [6.45, 7) is 1.51. The van der Waals surface area contributed by atoms with E-state index in [2.05, 4.69) is 5.32 Å². The van der Waals surface area contributed by atoms with Crippen LogP contribution in [0.4, 0.5) is 4.39 Å². The molecule has 1 amide bonds. The van der Waals surface area contributed by atoms with Crippen LogP contribution in [-0.2, 0) is 5.54 Å². The zero-order valence-corrected chi connectivity index (χ0v) is 13.6. The molecule has 1 atom stereocenters. The standard InChI is InChI=1S/C16H15FINO2/c1-16(10-20,11-5-3-2-4-6-11)19-15(21)13-8-7-12(17)9-14(13)18/h2-9,20H,10H2,1H3,(H,19,21). The van der Waals surface area contributed by atoms with Crippen LogP contribution in [0, 0.1) is 9.39 Å². The summed E-state index contributed by atoms with van der Waals surface area (Å²) in [6, 6.07) is 13.2. The lowest BCUT2D eigenvalue weighted by Gasteiger charge is -2.29. The highest BCUT2D eigenvalue weighted by molar-refractivity contribution is 14.1. The molecule has 0 aliphatic carbocycles. The Hall–Kier alpha value is -1.47. The van der Waals surface area contributed by atoms with Crippen LogP contribution in [0.15, 0.2) is 48.5 Å². The summed E-state index contributed by atoms with van der Waals surface area (Å²) in [5.74, 6) is -0.733. The van der Waals surface area contributed by atoms with Crippen LogP contribution in [0.5, 0.6) is 0 Å². The second-order valence-electron chi connectivity index (χ2n) is 4.93. The maximum Gasteiger partial charge on any atom is 0.253 e. The van der Waals surface area contributed by atoms with Crippen molar-refractivity contribution in [3.63, 3.8) is 0 Å². The summed E-state index contributed by atoms with van der Waals surface area (Å²) in [5.41, 5.74) is 0.293. The van der Waals surface area contributed by atoms with E-state index in [1.165, 1.54) is 18.2 Å². The molecule has 21 heavy (non-hydrogen) atoms. The van der Waals surface area contributed by atoms with Crippen molar-refractivity contribution in [1.82, 2.24) is 5.32 Å². The van der Waals surface area contributed by atoms with Crippen molar-refractivity contribution >= 4 is 28.5 Å². The van der Waals surface area contributed by atoms with Gasteiger partial charge >= 0.3 is 0 Å². The lowest BCUT2D eigenvalue weighted by Crippen LogP contribution is -2.46. The molecule has 3 nitrogen and oxygen atoms in total. The molecule has 0 heterocycles. The Morgan fingerprint density at radius 3 is 2.52 bits per heavy atom. The van der Waals surface area contributed by atoms with Gasteiger partial charge in [0, 0.05) is 3.57 Å². The van der Waals surface area contributed by atoms with E-state index in [0.717, 1.165) is 5.56 Å². The van der Waals surface area contributed by atoms with E-state index in [0.29, 0.717) is 9.13 Å². The molecule has 2 N–H and O–H groups in total.